The van der Waals surface area contributed by atoms with Crippen molar-refractivity contribution in [3.8, 4) is 11.8 Å². The standard InChI is InChI=1S/C12H10BrF4N3O/c1-6(2)20-11(18-10(13)19-20)21-7-3-4-8(9(14)5-7)12(15,16)17/h3-6H,1-2H3. The molecule has 0 spiro atoms. The summed E-state index contributed by atoms with van der Waals surface area (Å²) in [5.41, 5.74) is -1.35. The number of rotatable bonds is 3. The fourth-order valence-electron chi connectivity index (χ4n) is 1.58. The van der Waals surface area contributed by atoms with Crippen molar-refractivity contribution in [1.29, 1.82) is 0 Å². The van der Waals surface area contributed by atoms with Crippen LogP contribution in [0.25, 0.3) is 0 Å². The van der Waals surface area contributed by atoms with Crippen molar-refractivity contribution in [2.45, 2.75) is 26.1 Å². The molecule has 0 unspecified atom stereocenters. The topological polar surface area (TPSA) is 39.9 Å². The van der Waals surface area contributed by atoms with Gasteiger partial charge in [-0.15, -0.1) is 5.10 Å². The minimum Gasteiger partial charge on any atom is -0.424 e. The highest BCUT2D eigenvalue weighted by atomic mass is 79.9. The maximum Gasteiger partial charge on any atom is 0.419 e. The van der Waals surface area contributed by atoms with E-state index in [4.69, 9.17) is 4.74 Å². The maximum atomic E-state index is 13.5. The Morgan fingerprint density at radius 3 is 2.48 bits per heavy atom. The molecule has 0 saturated carbocycles. The summed E-state index contributed by atoms with van der Waals surface area (Å²) in [6.07, 6.45) is -4.75. The van der Waals surface area contributed by atoms with Crippen LogP contribution < -0.4 is 4.74 Å². The number of aromatic nitrogens is 3. The Bertz CT molecular complexity index is 654. The van der Waals surface area contributed by atoms with Crippen molar-refractivity contribution in [2.75, 3.05) is 0 Å². The Morgan fingerprint density at radius 2 is 1.95 bits per heavy atom. The third-order valence-corrected chi connectivity index (χ3v) is 2.85. The summed E-state index contributed by atoms with van der Waals surface area (Å²) in [7, 11) is 0. The minimum absolute atomic E-state index is 0.0519. The van der Waals surface area contributed by atoms with Crippen LogP contribution in [0.5, 0.6) is 11.8 Å². The Hall–Kier alpha value is -1.64. The van der Waals surface area contributed by atoms with Gasteiger partial charge in [-0.3, -0.25) is 0 Å². The van der Waals surface area contributed by atoms with Crippen LogP contribution in [-0.4, -0.2) is 14.8 Å². The third-order valence-electron chi connectivity index (χ3n) is 2.52. The van der Waals surface area contributed by atoms with E-state index >= 15 is 0 Å². The van der Waals surface area contributed by atoms with Crippen molar-refractivity contribution in [2.24, 2.45) is 0 Å². The van der Waals surface area contributed by atoms with Gasteiger partial charge in [-0.1, -0.05) is 0 Å². The van der Waals surface area contributed by atoms with Crippen molar-refractivity contribution in [3.05, 3.63) is 34.3 Å². The molecule has 0 saturated heterocycles. The van der Waals surface area contributed by atoms with Crippen molar-refractivity contribution < 1.29 is 22.3 Å². The van der Waals surface area contributed by atoms with E-state index in [2.05, 4.69) is 26.0 Å². The van der Waals surface area contributed by atoms with E-state index in [-0.39, 0.29) is 22.5 Å². The van der Waals surface area contributed by atoms with E-state index in [1.165, 1.54) is 4.68 Å². The van der Waals surface area contributed by atoms with Crippen LogP contribution >= 0.6 is 15.9 Å². The first-order chi connectivity index (χ1) is 9.68. The van der Waals surface area contributed by atoms with Crippen LogP contribution in [0.1, 0.15) is 25.5 Å². The molecule has 0 aliphatic heterocycles. The SMILES string of the molecule is CC(C)n1nc(Br)nc1Oc1ccc(C(F)(F)F)c(F)c1. The number of halogens is 5. The zero-order valence-corrected chi connectivity index (χ0v) is 12.5. The summed E-state index contributed by atoms with van der Waals surface area (Å²) < 4.78 is 57.8. The van der Waals surface area contributed by atoms with Gasteiger partial charge in [0.25, 0.3) is 0 Å². The second-order valence-corrected chi connectivity index (χ2v) is 5.15. The molecular formula is C12H10BrF4N3O. The Balaban J connectivity index is 2.31. The predicted molar refractivity (Wildman–Crippen MR) is 69.6 cm³/mol. The minimum atomic E-state index is -4.75. The van der Waals surface area contributed by atoms with E-state index in [1.807, 2.05) is 13.8 Å². The molecule has 0 aliphatic rings. The van der Waals surface area contributed by atoms with Gasteiger partial charge in [-0.2, -0.15) is 18.2 Å². The van der Waals surface area contributed by atoms with E-state index in [0.29, 0.717) is 12.1 Å². The number of ether oxygens (including phenoxy) is 1. The molecule has 1 heterocycles. The summed E-state index contributed by atoms with van der Waals surface area (Å²) in [5, 5.41) is 4.01. The fraction of sp³-hybridized carbons (Fsp3) is 0.333. The molecule has 2 rings (SSSR count). The molecule has 9 heteroatoms. The second-order valence-electron chi connectivity index (χ2n) is 4.44. The van der Waals surface area contributed by atoms with Gasteiger partial charge in [0.2, 0.25) is 4.73 Å². The molecule has 21 heavy (non-hydrogen) atoms. The van der Waals surface area contributed by atoms with Crippen LogP contribution in [0.2, 0.25) is 0 Å². The second kappa shape index (κ2) is 5.63. The Kier molecular flexibility index (Phi) is 4.22. The van der Waals surface area contributed by atoms with Gasteiger partial charge in [-0.05, 0) is 41.9 Å². The first kappa shape index (κ1) is 15.7. The lowest BCUT2D eigenvalue weighted by molar-refractivity contribution is -0.140. The van der Waals surface area contributed by atoms with Gasteiger partial charge in [0.15, 0.2) is 0 Å². The molecule has 0 aliphatic carbocycles. The zero-order chi connectivity index (χ0) is 15.8. The van der Waals surface area contributed by atoms with Crippen LogP contribution in [-0.2, 0) is 6.18 Å². The monoisotopic (exact) mass is 367 g/mol. The van der Waals surface area contributed by atoms with Crippen molar-refractivity contribution >= 4 is 15.9 Å². The van der Waals surface area contributed by atoms with Crippen LogP contribution in [0.4, 0.5) is 17.6 Å². The summed E-state index contributed by atoms with van der Waals surface area (Å²) >= 11 is 3.07. The number of benzene rings is 1. The average molecular weight is 368 g/mol. The van der Waals surface area contributed by atoms with Crippen molar-refractivity contribution in [1.82, 2.24) is 14.8 Å². The molecule has 0 atom stereocenters. The molecule has 2 aromatic rings. The maximum absolute atomic E-state index is 13.5. The highest BCUT2D eigenvalue weighted by Gasteiger charge is 2.34. The van der Waals surface area contributed by atoms with Crippen LogP contribution in [0.3, 0.4) is 0 Å². The largest absolute Gasteiger partial charge is 0.424 e. The number of hydrogen-bond donors (Lipinski definition) is 0. The number of nitrogens with zero attached hydrogens (tertiary/aromatic N) is 3. The summed E-state index contributed by atoms with van der Waals surface area (Å²) in [6, 6.07) is 2.28. The summed E-state index contributed by atoms with van der Waals surface area (Å²) in [4.78, 5) is 3.93. The first-order valence-corrected chi connectivity index (χ1v) is 6.64. The lowest BCUT2D eigenvalue weighted by Gasteiger charge is -2.11. The molecular weight excluding hydrogens is 358 g/mol. The van der Waals surface area contributed by atoms with Gasteiger partial charge in [0.05, 0.1) is 11.6 Å². The van der Waals surface area contributed by atoms with Gasteiger partial charge in [0, 0.05) is 6.07 Å². The molecule has 0 fully saturated rings. The highest BCUT2D eigenvalue weighted by Crippen LogP contribution is 2.34. The van der Waals surface area contributed by atoms with E-state index in [0.717, 1.165) is 6.07 Å². The van der Waals surface area contributed by atoms with Gasteiger partial charge >= 0.3 is 12.2 Å². The van der Waals surface area contributed by atoms with E-state index in [1.54, 1.807) is 0 Å². The van der Waals surface area contributed by atoms with Crippen molar-refractivity contribution in [3.63, 3.8) is 0 Å². The number of alkyl halides is 3. The van der Waals surface area contributed by atoms with Crippen LogP contribution in [0, 0.1) is 5.82 Å². The highest BCUT2D eigenvalue weighted by molar-refractivity contribution is 9.10. The normalized spacial score (nSPS) is 12.0. The summed E-state index contributed by atoms with van der Waals surface area (Å²) in [6.45, 7) is 3.64. The molecule has 0 bridgehead atoms. The van der Waals surface area contributed by atoms with Crippen LogP contribution in [0.15, 0.2) is 22.9 Å². The quantitative estimate of drug-likeness (QED) is 0.746. The lowest BCUT2D eigenvalue weighted by Crippen LogP contribution is -2.08. The molecule has 0 radical (unpaired) electrons. The molecule has 0 N–H and O–H groups in total. The predicted octanol–water partition coefficient (Wildman–Crippen LogP) is 4.57. The molecule has 1 aromatic carbocycles. The summed E-state index contributed by atoms with van der Waals surface area (Å²) in [5.74, 6) is -1.50. The van der Waals surface area contributed by atoms with Gasteiger partial charge < -0.3 is 4.74 Å². The van der Waals surface area contributed by atoms with Gasteiger partial charge in [-0.25, -0.2) is 9.07 Å². The lowest BCUT2D eigenvalue weighted by atomic mass is 10.2. The molecule has 114 valence electrons. The van der Waals surface area contributed by atoms with E-state index in [9.17, 15) is 17.6 Å². The van der Waals surface area contributed by atoms with E-state index < -0.39 is 17.6 Å². The Morgan fingerprint density at radius 1 is 1.29 bits per heavy atom. The molecule has 1 aromatic heterocycles. The smallest absolute Gasteiger partial charge is 0.419 e. The Labute approximate surface area is 125 Å². The third kappa shape index (κ3) is 3.52. The molecule has 4 nitrogen and oxygen atoms in total. The average Bonchev–Trinajstić information content (AvgIpc) is 2.68. The van der Waals surface area contributed by atoms with Gasteiger partial charge in [0.1, 0.15) is 11.6 Å². The fourth-order valence-corrected chi connectivity index (χ4v) is 1.91. The molecule has 0 amide bonds. The zero-order valence-electron chi connectivity index (χ0n) is 10.9. The number of hydrogen-bond acceptors (Lipinski definition) is 3. The first-order valence-electron chi connectivity index (χ1n) is 5.85.